The molecule has 1 aliphatic heterocycles. The fourth-order valence-electron chi connectivity index (χ4n) is 1.54. The lowest BCUT2D eigenvalue weighted by atomic mass is 10.2. The van der Waals surface area contributed by atoms with Crippen LogP contribution in [-0.4, -0.2) is 27.3 Å². The van der Waals surface area contributed by atoms with E-state index in [1.807, 2.05) is 0 Å². The van der Waals surface area contributed by atoms with Gasteiger partial charge in [0.15, 0.2) is 5.78 Å². The van der Waals surface area contributed by atoms with Crippen molar-refractivity contribution in [3.63, 3.8) is 0 Å². The van der Waals surface area contributed by atoms with Crippen molar-refractivity contribution in [1.29, 1.82) is 5.41 Å². The first-order chi connectivity index (χ1) is 8.67. The number of nitrogens with zero attached hydrogens (tertiary/aromatic N) is 1. The van der Waals surface area contributed by atoms with Crippen LogP contribution in [0.2, 0.25) is 0 Å². The first kappa shape index (κ1) is 12.6. The third-order valence-electron chi connectivity index (χ3n) is 2.45. The number of ketones is 1. The van der Waals surface area contributed by atoms with Gasteiger partial charge in [0.05, 0.1) is 22.9 Å². The van der Waals surface area contributed by atoms with Crippen molar-refractivity contribution in [3.8, 4) is 0 Å². The minimum atomic E-state index is -0.163. The summed E-state index contributed by atoms with van der Waals surface area (Å²) in [7, 11) is 0. The number of thioether (sulfide) groups is 1. The Balaban J connectivity index is 2.27. The van der Waals surface area contributed by atoms with Crippen LogP contribution in [-0.2, 0) is 11.4 Å². The molecular formula is C11H12N4O2S. The second-order valence-corrected chi connectivity index (χ2v) is 4.65. The highest BCUT2D eigenvalue weighted by molar-refractivity contribution is 8.12. The van der Waals surface area contributed by atoms with E-state index in [4.69, 9.17) is 10.5 Å². The Kier molecular flexibility index (Phi) is 3.63. The maximum absolute atomic E-state index is 11.3. The van der Waals surface area contributed by atoms with Crippen LogP contribution in [0.5, 0.6) is 0 Å². The molecule has 0 saturated carbocycles. The number of rotatable bonds is 4. The zero-order valence-corrected chi connectivity index (χ0v) is 10.5. The zero-order valence-electron chi connectivity index (χ0n) is 9.65. The minimum absolute atomic E-state index is 0.153. The van der Waals surface area contributed by atoms with Crippen molar-refractivity contribution in [2.45, 2.75) is 13.5 Å². The Hall–Kier alpha value is -1.86. The van der Waals surface area contributed by atoms with Gasteiger partial charge in [-0.3, -0.25) is 9.89 Å². The van der Waals surface area contributed by atoms with E-state index in [0.29, 0.717) is 16.3 Å². The van der Waals surface area contributed by atoms with Crippen LogP contribution in [0.25, 0.3) is 4.91 Å². The van der Waals surface area contributed by atoms with Gasteiger partial charge in [-0.1, -0.05) is 11.8 Å². The monoisotopic (exact) mass is 264 g/mol. The maximum Gasteiger partial charge on any atom is 0.163 e. The first-order valence-electron chi connectivity index (χ1n) is 5.21. The van der Waals surface area contributed by atoms with Crippen molar-refractivity contribution in [2.24, 2.45) is 0 Å². The number of hydrogen-bond acceptors (Lipinski definition) is 6. The summed E-state index contributed by atoms with van der Waals surface area (Å²) >= 11 is 1.35. The molecule has 4 N–H and O–H groups in total. The summed E-state index contributed by atoms with van der Waals surface area (Å²) in [6.07, 6.45) is 4.46. The molecule has 0 radical (unpaired) electrons. The van der Waals surface area contributed by atoms with Crippen LogP contribution < -0.4 is 5.32 Å². The molecular weight excluding hydrogens is 252 g/mol. The Morgan fingerprint density at radius 1 is 1.67 bits per heavy atom. The highest BCUT2D eigenvalue weighted by Crippen LogP contribution is 2.38. The average Bonchev–Trinajstić information content (AvgIpc) is 2.96. The average molecular weight is 264 g/mol. The molecule has 1 aromatic heterocycles. The van der Waals surface area contributed by atoms with E-state index >= 15 is 0 Å². The van der Waals surface area contributed by atoms with E-state index in [2.05, 4.69) is 15.5 Å². The lowest BCUT2D eigenvalue weighted by Crippen LogP contribution is -2.07. The number of carbonyl (C=O) groups is 1. The number of allylic oxidation sites excluding steroid dienone is 1. The number of Topliss-reactive ketones (excluding diaryl/α,β-unsaturated/α-hetero) is 1. The molecule has 1 aromatic rings. The summed E-state index contributed by atoms with van der Waals surface area (Å²) in [4.78, 5) is 12.2. The standard InChI is InChI=1S/C11H12N4O2S/c1-6(17)7(2-12)11-13-4-10(18-11)8-3-14-15-9(8)5-16/h2-4,12-13,16H,5H2,1H3,(H,14,15)/b11-7-,12-2?. The highest BCUT2D eigenvalue weighted by Gasteiger charge is 2.20. The van der Waals surface area contributed by atoms with Crippen molar-refractivity contribution in [1.82, 2.24) is 15.5 Å². The molecule has 6 nitrogen and oxygen atoms in total. The topological polar surface area (TPSA) is 102 Å². The summed E-state index contributed by atoms with van der Waals surface area (Å²) in [5.74, 6) is -0.163. The van der Waals surface area contributed by atoms with Crippen LogP contribution >= 0.6 is 11.8 Å². The van der Waals surface area contributed by atoms with Crippen LogP contribution in [0, 0.1) is 5.41 Å². The van der Waals surface area contributed by atoms with Gasteiger partial charge in [-0.25, -0.2) is 0 Å². The summed E-state index contributed by atoms with van der Waals surface area (Å²) in [5, 5.41) is 26.6. The van der Waals surface area contributed by atoms with Gasteiger partial charge in [-0.15, -0.1) is 0 Å². The van der Waals surface area contributed by atoms with Crippen molar-refractivity contribution < 1.29 is 9.90 Å². The van der Waals surface area contributed by atoms with E-state index in [0.717, 1.165) is 16.7 Å². The largest absolute Gasteiger partial charge is 0.390 e. The fourth-order valence-corrected chi connectivity index (χ4v) is 2.60. The van der Waals surface area contributed by atoms with E-state index in [-0.39, 0.29) is 12.4 Å². The Morgan fingerprint density at radius 2 is 2.44 bits per heavy atom. The van der Waals surface area contributed by atoms with Crippen molar-refractivity contribution >= 4 is 28.7 Å². The predicted octanol–water partition coefficient (Wildman–Crippen LogP) is 0.987. The quantitative estimate of drug-likeness (QED) is 0.480. The normalized spacial score (nSPS) is 17.1. The molecule has 0 fully saturated rings. The number of aromatic amines is 1. The molecule has 0 saturated heterocycles. The molecule has 0 unspecified atom stereocenters. The molecule has 2 rings (SSSR count). The molecule has 0 bridgehead atoms. The lowest BCUT2D eigenvalue weighted by Gasteiger charge is -2.03. The predicted molar refractivity (Wildman–Crippen MR) is 69.7 cm³/mol. The Labute approximate surface area is 108 Å². The smallest absolute Gasteiger partial charge is 0.163 e. The number of nitrogens with one attached hydrogen (secondary N) is 3. The summed E-state index contributed by atoms with van der Waals surface area (Å²) in [6.45, 7) is 1.27. The van der Waals surface area contributed by atoms with Gasteiger partial charge in [0, 0.05) is 29.1 Å². The summed E-state index contributed by atoms with van der Waals surface area (Å²) < 4.78 is 0. The molecule has 18 heavy (non-hydrogen) atoms. The van der Waals surface area contributed by atoms with Gasteiger partial charge in [-0.05, 0) is 6.92 Å². The molecule has 0 atom stereocenters. The third-order valence-corrected chi connectivity index (χ3v) is 3.55. The molecule has 7 heteroatoms. The molecule has 94 valence electrons. The van der Waals surface area contributed by atoms with Crippen molar-refractivity contribution in [2.75, 3.05) is 0 Å². The summed E-state index contributed by atoms with van der Waals surface area (Å²) in [5.41, 5.74) is 1.68. The van der Waals surface area contributed by atoms with Gasteiger partial charge in [0.1, 0.15) is 0 Å². The number of hydrogen-bond donors (Lipinski definition) is 4. The second-order valence-electron chi connectivity index (χ2n) is 3.60. The number of carbonyl (C=O) groups excluding carboxylic acids is 1. The van der Waals surface area contributed by atoms with Crippen LogP contribution in [0.3, 0.4) is 0 Å². The second kappa shape index (κ2) is 5.19. The SMILES string of the molecule is CC(=O)/C(C=N)=C1/NC=C(c2c[nH]nc2CO)S1. The summed E-state index contributed by atoms with van der Waals surface area (Å²) in [6, 6.07) is 0. The maximum atomic E-state index is 11.3. The van der Waals surface area contributed by atoms with Gasteiger partial charge >= 0.3 is 0 Å². The van der Waals surface area contributed by atoms with E-state index in [1.54, 1.807) is 12.4 Å². The Bertz CT molecular complexity index is 559. The molecule has 0 amide bonds. The van der Waals surface area contributed by atoms with Gasteiger partial charge in [-0.2, -0.15) is 5.10 Å². The fraction of sp³-hybridized carbons (Fsp3) is 0.182. The van der Waals surface area contributed by atoms with E-state index in [9.17, 15) is 4.79 Å². The van der Waals surface area contributed by atoms with E-state index < -0.39 is 0 Å². The van der Waals surface area contributed by atoms with Crippen molar-refractivity contribution in [3.05, 3.63) is 34.3 Å². The molecule has 0 aromatic carbocycles. The van der Waals surface area contributed by atoms with Gasteiger partial charge in [0.25, 0.3) is 0 Å². The number of aliphatic hydroxyl groups excluding tert-OH is 1. The lowest BCUT2D eigenvalue weighted by molar-refractivity contribution is -0.113. The molecule has 0 spiro atoms. The first-order valence-corrected chi connectivity index (χ1v) is 6.03. The van der Waals surface area contributed by atoms with Crippen LogP contribution in [0.15, 0.2) is 23.0 Å². The molecule has 1 aliphatic rings. The third kappa shape index (κ3) is 2.22. The number of H-pyrrole nitrogens is 1. The van der Waals surface area contributed by atoms with Crippen LogP contribution in [0.1, 0.15) is 18.2 Å². The van der Waals surface area contributed by atoms with Gasteiger partial charge < -0.3 is 15.8 Å². The minimum Gasteiger partial charge on any atom is -0.390 e. The number of aliphatic hydroxyl groups is 1. The number of aromatic nitrogens is 2. The molecule has 2 heterocycles. The van der Waals surface area contributed by atoms with Gasteiger partial charge in [0.2, 0.25) is 0 Å². The zero-order chi connectivity index (χ0) is 13.1. The molecule has 0 aliphatic carbocycles. The Morgan fingerprint density at radius 3 is 3.06 bits per heavy atom. The van der Waals surface area contributed by atoms with Crippen LogP contribution in [0.4, 0.5) is 0 Å². The van der Waals surface area contributed by atoms with E-state index in [1.165, 1.54) is 18.7 Å². The highest BCUT2D eigenvalue weighted by atomic mass is 32.2.